The van der Waals surface area contributed by atoms with Gasteiger partial charge in [0.2, 0.25) is 4.60 Å². The van der Waals surface area contributed by atoms with Crippen LogP contribution in [0.15, 0.2) is 16.7 Å². The maximum absolute atomic E-state index is 10.3. The van der Waals surface area contributed by atoms with Crippen molar-refractivity contribution in [3.63, 3.8) is 0 Å². The minimum atomic E-state index is -0.507. The summed E-state index contributed by atoms with van der Waals surface area (Å²) in [6.45, 7) is 0. The molecule has 0 aliphatic rings. The number of nitrogens with zero attached hydrogens (tertiary/aromatic N) is 2. The number of rotatable bonds is 1. The molecule has 1 rings (SSSR count). The monoisotopic (exact) mass is 328 g/mol. The number of aromatic nitrogens is 1. The first-order valence-electron chi connectivity index (χ1n) is 2.57. The van der Waals surface area contributed by atoms with E-state index in [9.17, 15) is 10.1 Å². The molecule has 0 amide bonds. The number of pyridine rings is 1. The minimum Gasteiger partial charge on any atom is -0.358 e. The third kappa shape index (κ3) is 2.09. The summed E-state index contributed by atoms with van der Waals surface area (Å²) in [6, 6.07) is 3.30. The van der Waals surface area contributed by atoms with Crippen LogP contribution in [0.5, 0.6) is 0 Å². The first-order chi connectivity index (χ1) is 5.11. The fraction of sp³-hybridized carbons (Fsp3) is 0. The summed E-state index contributed by atoms with van der Waals surface area (Å²) in [7, 11) is 0. The van der Waals surface area contributed by atoms with Gasteiger partial charge in [-0.3, -0.25) is 0 Å². The largest absolute Gasteiger partial charge is 0.378 e. The van der Waals surface area contributed by atoms with Gasteiger partial charge in [0.05, 0.1) is 0 Å². The minimum absolute atomic E-state index is 0.111. The molecule has 11 heavy (non-hydrogen) atoms. The third-order valence-electron chi connectivity index (χ3n) is 0.966. The van der Waals surface area contributed by atoms with Gasteiger partial charge in [-0.15, -0.1) is 0 Å². The summed E-state index contributed by atoms with van der Waals surface area (Å²) in [6.07, 6.45) is 0. The molecular formula is C5H2BrIN2O2. The van der Waals surface area contributed by atoms with Crippen molar-refractivity contribution in [1.29, 1.82) is 0 Å². The van der Waals surface area contributed by atoms with Crippen LogP contribution in [0.2, 0.25) is 0 Å². The first kappa shape index (κ1) is 8.85. The molecule has 58 valence electrons. The molecule has 4 nitrogen and oxygen atoms in total. The molecule has 1 aromatic heterocycles. The van der Waals surface area contributed by atoms with Gasteiger partial charge in [0, 0.05) is 15.9 Å². The quantitative estimate of drug-likeness (QED) is 0.344. The molecule has 1 aromatic rings. The maximum atomic E-state index is 10.3. The van der Waals surface area contributed by atoms with Crippen molar-refractivity contribution < 1.29 is 4.92 Å². The fourth-order valence-corrected chi connectivity index (χ4v) is 1.33. The van der Waals surface area contributed by atoms with Crippen LogP contribution in [0.4, 0.5) is 5.82 Å². The Balaban J connectivity index is 3.23. The van der Waals surface area contributed by atoms with Gasteiger partial charge in [-0.1, -0.05) is 0 Å². The lowest BCUT2D eigenvalue weighted by Crippen LogP contribution is -1.94. The summed E-state index contributed by atoms with van der Waals surface area (Å²) < 4.78 is 1.01. The molecule has 0 unspecified atom stereocenters. The smallest absolute Gasteiger partial charge is 0.358 e. The van der Waals surface area contributed by atoms with Crippen molar-refractivity contribution in [3.05, 3.63) is 30.4 Å². The molecule has 0 saturated heterocycles. The Morgan fingerprint density at radius 2 is 2.27 bits per heavy atom. The highest BCUT2D eigenvalue weighted by atomic mass is 127. The molecule has 6 heteroatoms. The summed E-state index contributed by atoms with van der Waals surface area (Å²) in [5, 5.41) is 10.3. The van der Waals surface area contributed by atoms with Gasteiger partial charge in [-0.25, -0.2) is 0 Å². The highest BCUT2D eigenvalue weighted by Crippen LogP contribution is 2.20. The number of hydrogen-bond acceptors (Lipinski definition) is 3. The van der Waals surface area contributed by atoms with E-state index >= 15 is 0 Å². The topological polar surface area (TPSA) is 56.0 Å². The zero-order valence-electron chi connectivity index (χ0n) is 5.12. The molecule has 0 atom stereocenters. The van der Waals surface area contributed by atoms with Crippen molar-refractivity contribution in [2.24, 2.45) is 0 Å². The summed E-state index contributed by atoms with van der Waals surface area (Å²) in [4.78, 5) is 13.5. The average Bonchev–Trinajstić information content (AvgIpc) is 1.94. The van der Waals surface area contributed by atoms with Crippen molar-refractivity contribution in [1.82, 2.24) is 4.98 Å². The van der Waals surface area contributed by atoms with Gasteiger partial charge in [0.25, 0.3) is 0 Å². The van der Waals surface area contributed by atoms with E-state index in [-0.39, 0.29) is 5.82 Å². The summed E-state index contributed by atoms with van der Waals surface area (Å²) >= 11 is 4.91. The normalized spacial score (nSPS) is 9.64. The van der Waals surface area contributed by atoms with E-state index in [0.717, 1.165) is 0 Å². The second-order valence-corrected chi connectivity index (χ2v) is 3.67. The maximum Gasteiger partial charge on any atom is 0.378 e. The van der Waals surface area contributed by atoms with Crippen molar-refractivity contribution in [2.45, 2.75) is 0 Å². The highest BCUT2D eigenvalue weighted by Gasteiger charge is 2.13. The Hall–Kier alpha value is -0.240. The van der Waals surface area contributed by atoms with Gasteiger partial charge < -0.3 is 10.1 Å². The molecule has 1 heterocycles. The van der Waals surface area contributed by atoms with Crippen LogP contribution in [-0.2, 0) is 0 Å². The van der Waals surface area contributed by atoms with E-state index in [2.05, 4.69) is 20.9 Å². The van der Waals surface area contributed by atoms with Gasteiger partial charge in [-0.05, 0) is 44.6 Å². The lowest BCUT2D eigenvalue weighted by molar-refractivity contribution is -0.390. The van der Waals surface area contributed by atoms with Gasteiger partial charge in [-0.2, -0.15) is 0 Å². The van der Waals surface area contributed by atoms with E-state index in [4.69, 9.17) is 0 Å². The zero-order chi connectivity index (χ0) is 8.43. The van der Waals surface area contributed by atoms with Crippen LogP contribution in [0, 0.1) is 13.7 Å². The molecule has 0 aliphatic carbocycles. The third-order valence-corrected chi connectivity index (χ3v) is 2.25. The van der Waals surface area contributed by atoms with Crippen LogP contribution in [0.1, 0.15) is 0 Å². The van der Waals surface area contributed by atoms with E-state index in [1.165, 1.54) is 0 Å². The Morgan fingerprint density at radius 3 is 2.73 bits per heavy atom. The summed E-state index contributed by atoms with van der Waals surface area (Å²) in [5.41, 5.74) is 0. The predicted molar refractivity (Wildman–Crippen MR) is 51.3 cm³/mol. The Bertz CT molecular complexity index is 305. The SMILES string of the molecule is O=[N+]([O-])c1nc(Br)ccc1I. The van der Waals surface area contributed by atoms with Crippen LogP contribution in [0.25, 0.3) is 0 Å². The highest BCUT2D eigenvalue weighted by molar-refractivity contribution is 14.1. The second-order valence-electron chi connectivity index (χ2n) is 1.70. The van der Waals surface area contributed by atoms with Gasteiger partial charge in [0.1, 0.15) is 3.57 Å². The van der Waals surface area contributed by atoms with E-state index in [1.807, 2.05) is 22.6 Å². The van der Waals surface area contributed by atoms with E-state index in [1.54, 1.807) is 12.1 Å². The van der Waals surface area contributed by atoms with Crippen LogP contribution >= 0.6 is 38.5 Å². The number of hydrogen-bond donors (Lipinski definition) is 0. The van der Waals surface area contributed by atoms with Crippen LogP contribution < -0.4 is 0 Å². The lowest BCUT2D eigenvalue weighted by Gasteiger charge is -1.93. The van der Waals surface area contributed by atoms with Crippen molar-refractivity contribution >= 4 is 44.3 Å². The number of halogens is 2. The molecule has 0 N–H and O–H groups in total. The molecule has 0 aliphatic heterocycles. The zero-order valence-corrected chi connectivity index (χ0v) is 8.87. The molecule has 0 fully saturated rings. The van der Waals surface area contributed by atoms with E-state index < -0.39 is 4.92 Å². The van der Waals surface area contributed by atoms with Crippen molar-refractivity contribution in [2.75, 3.05) is 0 Å². The molecule has 0 bridgehead atoms. The number of nitro groups is 1. The second kappa shape index (κ2) is 3.44. The molecular weight excluding hydrogens is 327 g/mol. The lowest BCUT2D eigenvalue weighted by atomic mass is 10.5. The predicted octanol–water partition coefficient (Wildman–Crippen LogP) is 2.36. The van der Waals surface area contributed by atoms with Crippen LogP contribution in [0.3, 0.4) is 0 Å². The Labute approximate surface area is 84.4 Å². The van der Waals surface area contributed by atoms with Gasteiger partial charge >= 0.3 is 5.82 Å². The van der Waals surface area contributed by atoms with Gasteiger partial charge in [0.15, 0.2) is 0 Å². The van der Waals surface area contributed by atoms with Crippen molar-refractivity contribution in [3.8, 4) is 0 Å². The average molecular weight is 329 g/mol. The molecule has 0 saturated carbocycles. The molecule has 0 spiro atoms. The van der Waals surface area contributed by atoms with Crippen LogP contribution in [-0.4, -0.2) is 9.91 Å². The fourth-order valence-electron chi connectivity index (χ4n) is 0.536. The standard InChI is InChI=1S/C5H2BrIN2O2/c6-4-2-1-3(7)5(8-4)9(10)11/h1-2H. The Morgan fingerprint density at radius 1 is 1.64 bits per heavy atom. The molecule has 0 aromatic carbocycles. The first-order valence-corrected chi connectivity index (χ1v) is 4.45. The molecule has 0 radical (unpaired) electrons. The summed E-state index contributed by atoms with van der Waals surface area (Å²) in [5.74, 6) is -0.111. The Kier molecular flexibility index (Phi) is 2.77. The van der Waals surface area contributed by atoms with E-state index in [0.29, 0.717) is 8.17 Å².